The number of hydrogen-bond donors (Lipinski definition) is 0. The van der Waals surface area contributed by atoms with Crippen molar-refractivity contribution in [2.45, 2.75) is 361 Å². The zero-order chi connectivity index (χ0) is 55.7. The van der Waals surface area contributed by atoms with Gasteiger partial charge >= 0.3 is 17.9 Å². The standard InChI is InChI=1S/C71H128O6/c1-4-7-10-13-16-19-22-25-28-31-33-34-35-36-37-38-41-43-46-49-52-55-58-61-64-70(73)76-67-68(66-75-69(72)63-60-57-54-51-48-45-42-39-30-27-24-21-18-15-12-9-6-3)77-71(74)65-62-59-56-53-50-47-44-40-32-29-26-23-20-17-14-11-8-5-2/h9,12,18,21,27,29-30,32,42,45,68H,4-8,10-11,13-17,19-20,22-26,28,31,33-41,43-44,46-67H2,1-3H3/b12-9-,21-18-,30-27-,32-29-,45-42-. The van der Waals surface area contributed by atoms with E-state index in [-0.39, 0.29) is 31.1 Å². The summed E-state index contributed by atoms with van der Waals surface area (Å²) < 4.78 is 17.0. The van der Waals surface area contributed by atoms with E-state index in [1.807, 2.05) is 0 Å². The smallest absolute Gasteiger partial charge is 0.306 e. The molecule has 0 saturated carbocycles. The molecule has 0 rings (SSSR count). The van der Waals surface area contributed by atoms with Gasteiger partial charge in [-0.1, -0.05) is 313 Å². The van der Waals surface area contributed by atoms with Gasteiger partial charge in [0.25, 0.3) is 0 Å². The van der Waals surface area contributed by atoms with E-state index < -0.39 is 6.10 Å². The van der Waals surface area contributed by atoms with E-state index in [0.717, 1.165) is 96.3 Å². The van der Waals surface area contributed by atoms with Crippen LogP contribution in [0, 0.1) is 0 Å². The predicted octanol–water partition coefficient (Wildman–Crippen LogP) is 23.1. The van der Waals surface area contributed by atoms with E-state index in [0.29, 0.717) is 19.3 Å². The number of rotatable bonds is 62. The molecule has 77 heavy (non-hydrogen) atoms. The number of hydrogen-bond acceptors (Lipinski definition) is 6. The van der Waals surface area contributed by atoms with Gasteiger partial charge in [-0.15, -0.1) is 0 Å². The van der Waals surface area contributed by atoms with Crippen molar-refractivity contribution in [2.24, 2.45) is 0 Å². The summed E-state index contributed by atoms with van der Waals surface area (Å²) in [5.41, 5.74) is 0. The van der Waals surface area contributed by atoms with E-state index in [1.54, 1.807) is 0 Å². The number of carbonyl (C=O) groups excluding carboxylic acids is 3. The van der Waals surface area contributed by atoms with Crippen LogP contribution in [-0.4, -0.2) is 37.2 Å². The van der Waals surface area contributed by atoms with Crippen LogP contribution in [-0.2, 0) is 28.6 Å². The Morgan fingerprint density at radius 1 is 0.273 bits per heavy atom. The third-order valence-electron chi connectivity index (χ3n) is 15.0. The average Bonchev–Trinajstić information content (AvgIpc) is 3.43. The summed E-state index contributed by atoms with van der Waals surface area (Å²) in [6.07, 6.45) is 83.8. The molecule has 0 fully saturated rings. The molecule has 0 saturated heterocycles. The molecule has 0 amide bonds. The maximum atomic E-state index is 12.9. The van der Waals surface area contributed by atoms with Gasteiger partial charge in [0.15, 0.2) is 6.10 Å². The molecule has 1 unspecified atom stereocenters. The first-order valence-corrected chi connectivity index (χ1v) is 33.8. The van der Waals surface area contributed by atoms with Gasteiger partial charge < -0.3 is 14.2 Å². The minimum atomic E-state index is -0.787. The molecule has 0 aliphatic heterocycles. The molecule has 448 valence electrons. The molecule has 0 heterocycles. The summed E-state index contributed by atoms with van der Waals surface area (Å²) in [7, 11) is 0. The number of unbranched alkanes of at least 4 members (excludes halogenated alkanes) is 41. The highest BCUT2D eigenvalue weighted by Crippen LogP contribution is 2.18. The lowest BCUT2D eigenvalue weighted by Gasteiger charge is -2.18. The van der Waals surface area contributed by atoms with Crippen LogP contribution in [0.1, 0.15) is 355 Å². The van der Waals surface area contributed by atoms with E-state index in [2.05, 4.69) is 81.5 Å². The fourth-order valence-electron chi connectivity index (χ4n) is 9.96. The Kier molecular flexibility index (Phi) is 63.2. The Labute approximate surface area is 479 Å². The Bertz CT molecular complexity index is 1380. The highest BCUT2D eigenvalue weighted by atomic mass is 16.6. The third-order valence-corrected chi connectivity index (χ3v) is 15.0. The Hall–Kier alpha value is -2.89. The average molecular weight is 1080 g/mol. The Balaban J connectivity index is 4.33. The summed E-state index contributed by atoms with van der Waals surface area (Å²) >= 11 is 0. The van der Waals surface area contributed by atoms with Crippen LogP contribution in [0.25, 0.3) is 0 Å². The Morgan fingerprint density at radius 2 is 0.506 bits per heavy atom. The van der Waals surface area contributed by atoms with Crippen LogP contribution in [0.3, 0.4) is 0 Å². The number of carbonyl (C=O) groups is 3. The summed E-state index contributed by atoms with van der Waals surface area (Å²) in [5.74, 6) is -0.888. The van der Waals surface area contributed by atoms with Crippen molar-refractivity contribution in [3.8, 4) is 0 Å². The SMILES string of the molecule is CC/C=C\C/C=C\C/C=C\C/C=C\CCCCCCC(=O)OCC(COC(=O)CCCCCCCCCCCCCCCCCCCCCCCCCC)OC(=O)CCCCCCCCC/C=C\CCCCCCCCC. The molecule has 6 heteroatoms. The van der Waals surface area contributed by atoms with Gasteiger partial charge in [0.1, 0.15) is 13.2 Å². The first-order valence-electron chi connectivity index (χ1n) is 33.8. The molecule has 0 radical (unpaired) electrons. The molecule has 0 aromatic carbocycles. The Morgan fingerprint density at radius 3 is 0.805 bits per heavy atom. The number of allylic oxidation sites excluding steroid dienone is 10. The summed E-state index contributed by atoms with van der Waals surface area (Å²) in [5, 5.41) is 0. The predicted molar refractivity (Wildman–Crippen MR) is 335 cm³/mol. The minimum absolute atomic E-state index is 0.0805. The molecule has 0 aliphatic carbocycles. The quantitative estimate of drug-likeness (QED) is 0.0261. The molecule has 0 aromatic rings. The van der Waals surface area contributed by atoms with Gasteiger partial charge in [0.2, 0.25) is 0 Å². The van der Waals surface area contributed by atoms with Gasteiger partial charge in [-0.3, -0.25) is 14.4 Å². The second-order valence-electron chi connectivity index (χ2n) is 22.7. The van der Waals surface area contributed by atoms with Crippen molar-refractivity contribution in [1.82, 2.24) is 0 Å². The summed E-state index contributed by atoms with van der Waals surface area (Å²) in [4.78, 5) is 38.4. The molecule has 6 nitrogen and oxygen atoms in total. The van der Waals surface area contributed by atoms with Crippen molar-refractivity contribution in [2.75, 3.05) is 13.2 Å². The zero-order valence-electron chi connectivity index (χ0n) is 51.5. The molecular weight excluding hydrogens is 949 g/mol. The van der Waals surface area contributed by atoms with Crippen LogP contribution in [0.2, 0.25) is 0 Å². The normalized spacial score (nSPS) is 12.4. The van der Waals surface area contributed by atoms with E-state index >= 15 is 0 Å². The van der Waals surface area contributed by atoms with Crippen LogP contribution in [0.4, 0.5) is 0 Å². The molecule has 0 aromatic heterocycles. The third kappa shape index (κ3) is 63.8. The highest BCUT2D eigenvalue weighted by Gasteiger charge is 2.19. The lowest BCUT2D eigenvalue weighted by molar-refractivity contribution is -0.167. The second-order valence-corrected chi connectivity index (χ2v) is 22.7. The molecule has 0 N–H and O–H groups in total. The zero-order valence-corrected chi connectivity index (χ0v) is 51.5. The molecule has 1 atom stereocenters. The van der Waals surface area contributed by atoms with Crippen LogP contribution >= 0.6 is 0 Å². The fraction of sp³-hybridized carbons (Fsp3) is 0.817. The van der Waals surface area contributed by atoms with Crippen molar-refractivity contribution in [1.29, 1.82) is 0 Å². The fourth-order valence-corrected chi connectivity index (χ4v) is 9.96. The molecule has 0 bridgehead atoms. The van der Waals surface area contributed by atoms with Crippen molar-refractivity contribution >= 4 is 17.9 Å². The van der Waals surface area contributed by atoms with Gasteiger partial charge in [0, 0.05) is 19.3 Å². The number of ether oxygens (including phenoxy) is 3. The van der Waals surface area contributed by atoms with Crippen molar-refractivity contribution in [3.05, 3.63) is 60.8 Å². The maximum Gasteiger partial charge on any atom is 0.306 e. The maximum absolute atomic E-state index is 12.9. The van der Waals surface area contributed by atoms with E-state index in [1.165, 1.54) is 218 Å². The summed E-state index contributed by atoms with van der Waals surface area (Å²) in [6, 6.07) is 0. The lowest BCUT2D eigenvalue weighted by Crippen LogP contribution is -2.30. The minimum Gasteiger partial charge on any atom is -0.462 e. The first-order chi connectivity index (χ1) is 38.0. The van der Waals surface area contributed by atoms with Crippen LogP contribution < -0.4 is 0 Å². The molecule has 0 aliphatic rings. The van der Waals surface area contributed by atoms with Gasteiger partial charge in [-0.05, 0) is 83.5 Å². The van der Waals surface area contributed by atoms with Gasteiger partial charge in [-0.25, -0.2) is 0 Å². The second kappa shape index (κ2) is 65.6. The van der Waals surface area contributed by atoms with Crippen molar-refractivity contribution < 1.29 is 28.6 Å². The van der Waals surface area contributed by atoms with Crippen molar-refractivity contribution in [3.63, 3.8) is 0 Å². The van der Waals surface area contributed by atoms with Gasteiger partial charge in [0.05, 0.1) is 0 Å². The summed E-state index contributed by atoms with van der Waals surface area (Å²) in [6.45, 7) is 6.56. The van der Waals surface area contributed by atoms with Gasteiger partial charge in [-0.2, -0.15) is 0 Å². The monoisotopic (exact) mass is 1080 g/mol. The van der Waals surface area contributed by atoms with E-state index in [9.17, 15) is 14.4 Å². The van der Waals surface area contributed by atoms with Crippen LogP contribution in [0.15, 0.2) is 60.8 Å². The highest BCUT2D eigenvalue weighted by molar-refractivity contribution is 5.71. The topological polar surface area (TPSA) is 78.9 Å². The lowest BCUT2D eigenvalue weighted by atomic mass is 10.0. The first kappa shape index (κ1) is 74.1. The van der Waals surface area contributed by atoms with E-state index in [4.69, 9.17) is 14.2 Å². The molecule has 0 spiro atoms. The number of esters is 3. The largest absolute Gasteiger partial charge is 0.462 e. The van der Waals surface area contributed by atoms with Crippen LogP contribution in [0.5, 0.6) is 0 Å². The molecular formula is C71H128O6.